The second kappa shape index (κ2) is 11.0. The fourth-order valence-electron chi connectivity index (χ4n) is 1.35. The summed E-state index contributed by atoms with van der Waals surface area (Å²) in [5, 5.41) is 0. The molecule has 0 spiro atoms. The van der Waals surface area contributed by atoms with E-state index in [2.05, 4.69) is 0 Å². The summed E-state index contributed by atoms with van der Waals surface area (Å²) in [5.41, 5.74) is 0. The SMILES string of the molecule is CCOC(OCC)(OCC)C(=O)CC(=O)CC.[Zr]. The normalized spacial score (nSPS) is 10.9. The van der Waals surface area contributed by atoms with Crippen LogP contribution in [0.1, 0.15) is 40.5 Å². The topological polar surface area (TPSA) is 61.8 Å². The molecule has 0 heterocycles. The Hall–Kier alpha value is 0.103. The molecule has 0 aliphatic heterocycles. The van der Waals surface area contributed by atoms with Crippen LogP contribution in [0.4, 0.5) is 0 Å². The van der Waals surface area contributed by atoms with Gasteiger partial charge >= 0.3 is 5.97 Å². The first-order valence-electron chi connectivity index (χ1n) is 6.03. The van der Waals surface area contributed by atoms with E-state index in [9.17, 15) is 9.59 Å². The Balaban J connectivity index is 0. The van der Waals surface area contributed by atoms with Crippen LogP contribution < -0.4 is 0 Å². The van der Waals surface area contributed by atoms with Crippen molar-refractivity contribution in [3.05, 3.63) is 0 Å². The van der Waals surface area contributed by atoms with Crippen molar-refractivity contribution in [2.75, 3.05) is 19.8 Å². The number of Topliss-reactive ketones (excluding diaryl/α,β-unsaturated/α-hetero) is 2. The van der Waals surface area contributed by atoms with Gasteiger partial charge in [0.1, 0.15) is 5.78 Å². The Bertz CT molecular complexity index is 238. The number of carbonyl (C=O) groups is 2. The molecular formula is C12H22O5Zr. The number of ether oxygens (including phenoxy) is 3. The predicted octanol–water partition coefficient (Wildman–Crippen LogP) is 1.69. The Labute approximate surface area is 128 Å². The summed E-state index contributed by atoms with van der Waals surface area (Å²) >= 11 is 0. The fraction of sp³-hybridized carbons (Fsp3) is 0.833. The van der Waals surface area contributed by atoms with Gasteiger partial charge in [-0.15, -0.1) is 0 Å². The van der Waals surface area contributed by atoms with Gasteiger partial charge in [-0.25, -0.2) is 0 Å². The minimum absolute atomic E-state index is 0. The number of hydrogen-bond donors (Lipinski definition) is 0. The third-order valence-corrected chi connectivity index (χ3v) is 2.10. The van der Waals surface area contributed by atoms with Gasteiger partial charge in [0, 0.05) is 32.6 Å². The maximum absolute atomic E-state index is 12.0. The largest absolute Gasteiger partial charge is 0.347 e. The molecule has 18 heavy (non-hydrogen) atoms. The summed E-state index contributed by atoms with van der Waals surface area (Å²) in [5.74, 6) is -2.35. The zero-order valence-corrected chi connectivity index (χ0v) is 14.0. The monoisotopic (exact) mass is 336 g/mol. The van der Waals surface area contributed by atoms with Crippen molar-refractivity contribution in [1.82, 2.24) is 0 Å². The van der Waals surface area contributed by atoms with Crippen LogP contribution in [0.25, 0.3) is 0 Å². The molecule has 0 aliphatic rings. The number of rotatable bonds is 10. The van der Waals surface area contributed by atoms with E-state index in [4.69, 9.17) is 14.2 Å². The average molecular weight is 338 g/mol. The molecular weight excluding hydrogens is 315 g/mol. The summed E-state index contributed by atoms with van der Waals surface area (Å²) < 4.78 is 15.8. The van der Waals surface area contributed by atoms with Gasteiger partial charge in [0.25, 0.3) is 0 Å². The second-order valence-electron chi connectivity index (χ2n) is 3.35. The van der Waals surface area contributed by atoms with Crippen LogP contribution in [0.3, 0.4) is 0 Å². The van der Waals surface area contributed by atoms with Crippen LogP contribution in [-0.4, -0.2) is 37.4 Å². The van der Waals surface area contributed by atoms with Crippen molar-refractivity contribution in [3.63, 3.8) is 0 Å². The van der Waals surface area contributed by atoms with E-state index in [0.29, 0.717) is 6.42 Å². The molecule has 0 saturated heterocycles. The molecule has 0 atom stereocenters. The van der Waals surface area contributed by atoms with Gasteiger partial charge in [0.2, 0.25) is 5.78 Å². The van der Waals surface area contributed by atoms with Crippen LogP contribution in [0, 0.1) is 0 Å². The van der Waals surface area contributed by atoms with Crippen LogP contribution in [0.15, 0.2) is 0 Å². The van der Waals surface area contributed by atoms with E-state index in [1.165, 1.54) is 0 Å². The van der Waals surface area contributed by atoms with Gasteiger partial charge in [0.05, 0.1) is 26.2 Å². The summed E-state index contributed by atoms with van der Waals surface area (Å²) in [6, 6.07) is 0. The molecule has 0 amide bonds. The maximum Gasteiger partial charge on any atom is 0.347 e. The fourth-order valence-corrected chi connectivity index (χ4v) is 1.35. The van der Waals surface area contributed by atoms with Gasteiger partial charge in [-0.3, -0.25) is 9.59 Å². The van der Waals surface area contributed by atoms with Gasteiger partial charge in [-0.05, 0) is 20.8 Å². The molecule has 0 aromatic carbocycles. The summed E-state index contributed by atoms with van der Waals surface area (Å²) in [6.45, 7) is 7.73. The third kappa shape index (κ3) is 6.32. The van der Waals surface area contributed by atoms with Gasteiger partial charge in [-0.1, -0.05) is 6.92 Å². The van der Waals surface area contributed by atoms with Crippen molar-refractivity contribution >= 4 is 11.6 Å². The second-order valence-corrected chi connectivity index (χ2v) is 3.35. The summed E-state index contributed by atoms with van der Waals surface area (Å²) in [7, 11) is 0. The Kier molecular flexibility index (Phi) is 12.5. The van der Waals surface area contributed by atoms with Crippen LogP contribution in [0.5, 0.6) is 0 Å². The maximum atomic E-state index is 12.0. The molecule has 0 fully saturated rings. The van der Waals surface area contributed by atoms with Crippen molar-refractivity contribution in [1.29, 1.82) is 0 Å². The Morgan fingerprint density at radius 3 is 1.56 bits per heavy atom. The van der Waals surface area contributed by atoms with E-state index in [-0.39, 0.29) is 58.2 Å². The van der Waals surface area contributed by atoms with E-state index >= 15 is 0 Å². The molecule has 0 aromatic heterocycles. The van der Waals surface area contributed by atoms with E-state index < -0.39 is 11.8 Å². The van der Waals surface area contributed by atoms with Crippen molar-refractivity contribution in [2.45, 2.75) is 46.5 Å². The van der Waals surface area contributed by atoms with Crippen molar-refractivity contribution in [3.8, 4) is 0 Å². The summed E-state index contributed by atoms with van der Waals surface area (Å²) in [6.07, 6.45) is 0.0860. The first kappa shape index (κ1) is 20.4. The summed E-state index contributed by atoms with van der Waals surface area (Å²) in [4.78, 5) is 23.3. The number of ketones is 2. The first-order chi connectivity index (χ1) is 8.06. The van der Waals surface area contributed by atoms with Gasteiger partial charge < -0.3 is 14.2 Å². The van der Waals surface area contributed by atoms with Crippen molar-refractivity contribution in [2.24, 2.45) is 0 Å². The molecule has 0 radical (unpaired) electrons. The molecule has 0 rings (SSSR count). The average Bonchev–Trinajstić information content (AvgIpc) is 2.29. The molecule has 0 saturated carbocycles. The molecule has 104 valence electrons. The molecule has 0 N–H and O–H groups in total. The quantitative estimate of drug-likeness (QED) is 0.448. The van der Waals surface area contributed by atoms with Crippen LogP contribution >= 0.6 is 0 Å². The van der Waals surface area contributed by atoms with Crippen LogP contribution in [0.2, 0.25) is 0 Å². The molecule has 0 aromatic rings. The minimum Gasteiger partial charge on any atom is -0.322 e. The van der Waals surface area contributed by atoms with E-state index in [1.807, 2.05) is 0 Å². The Morgan fingerprint density at radius 1 is 0.889 bits per heavy atom. The van der Waals surface area contributed by atoms with Crippen molar-refractivity contribution < 1.29 is 50.0 Å². The predicted molar refractivity (Wildman–Crippen MR) is 62.5 cm³/mol. The molecule has 0 unspecified atom stereocenters. The molecule has 6 heteroatoms. The van der Waals surface area contributed by atoms with Gasteiger partial charge in [0.15, 0.2) is 0 Å². The first-order valence-corrected chi connectivity index (χ1v) is 6.03. The van der Waals surface area contributed by atoms with E-state index in [0.717, 1.165) is 0 Å². The smallest absolute Gasteiger partial charge is 0.322 e. The zero-order chi connectivity index (χ0) is 13.3. The molecule has 0 bridgehead atoms. The van der Waals surface area contributed by atoms with Gasteiger partial charge in [-0.2, -0.15) is 0 Å². The number of carbonyl (C=O) groups excluding carboxylic acids is 2. The molecule has 0 aliphatic carbocycles. The minimum atomic E-state index is -1.72. The Morgan fingerprint density at radius 2 is 1.28 bits per heavy atom. The van der Waals surface area contributed by atoms with E-state index in [1.54, 1.807) is 27.7 Å². The zero-order valence-electron chi connectivity index (χ0n) is 11.6. The van der Waals surface area contributed by atoms with Crippen LogP contribution in [-0.2, 0) is 50.0 Å². The third-order valence-electron chi connectivity index (χ3n) is 2.10. The molecule has 5 nitrogen and oxygen atoms in total. The standard InChI is InChI=1S/C12H22O5.Zr/c1-5-10(13)9-11(14)12(15-6-2,16-7-3)17-8-4;/h5-9H2,1-4H3;. The number of hydrogen-bond acceptors (Lipinski definition) is 5.